The van der Waals surface area contributed by atoms with E-state index in [1.807, 2.05) is 0 Å². The molecule has 0 saturated heterocycles. The van der Waals surface area contributed by atoms with Gasteiger partial charge < -0.3 is 9.47 Å². The molecule has 15 heavy (non-hydrogen) atoms. The van der Waals surface area contributed by atoms with Gasteiger partial charge in [0.05, 0.1) is 12.2 Å². The summed E-state index contributed by atoms with van der Waals surface area (Å²) in [5.41, 5.74) is 0.468. The lowest BCUT2D eigenvalue weighted by Gasteiger charge is -2.04. The molecule has 0 radical (unpaired) electrons. The SMILES string of the molecule is CCOC(=O)c1ccc(OCC=O)cc1. The number of benzene rings is 1. The number of rotatable bonds is 5. The van der Waals surface area contributed by atoms with Crippen molar-refractivity contribution in [1.29, 1.82) is 0 Å². The van der Waals surface area contributed by atoms with Crippen LogP contribution in [0, 0.1) is 0 Å². The van der Waals surface area contributed by atoms with Gasteiger partial charge in [-0.05, 0) is 31.2 Å². The van der Waals surface area contributed by atoms with E-state index in [1.165, 1.54) is 0 Å². The molecule has 4 nitrogen and oxygen atoms in total. The van der Waals surface area contributed by atoms with Gasteiger partial charge in [-0.2, -0.15) is 0 Å². The van der Waals surface area contributed by atoms with Gasteiger partial charge in [0.25, 0.3) is 0 Å². The summed E-state index contributed by atoms with van der Waals surface area (Å²) in [6.45, 7) is 2.11. The first-order chi connectivity index (χ1) is 7.27. The summed E-state index contributed by atoms with van der Waals surface area (Å²) in [6.07, 6.45) is 0.666. The normalized spacial score (nSPS) is 9.40. The van der Waals surface area contributed by atoms with Gasteiger partial charge in [-0.25, -0.2) is 4.79 Å². The van der Waals surface area contributed by atoms with Crippen LogP contribution >= 0.6 is 0 Å². The van der Waals surface area contributed by atoms with Gasteiger partial charge in [-0.1, -0.05) is 0 Å². The Hall–Kier alpha value is -1.84. The highest BCUT2D eigenvalue weighted by atomic mass is 16.5. The van der Waals surface area contributed by atoms with Gasteiger partial charge in [0, 0.05) is 0 Å². The average molecular weight is 208 g/mol. The van der Waals surface area contributed by atoms with Crippen molar-refractivity contribution < 1.29 is 19.1 Å². The minimum Gasteiger partial charge on any atom is -0.486 e. The van der Waals surface area contributed by atoms with Crippen molar-refractivity contribution in [2.45, 2.75) is 6.92 Å². The van der Waals surface area contributed by atoms with Crippen LogP contribution in [0.3, 0.4) is 0 Å². The number of aldehydes is 1. The predicted octanol–water partition coefficient (Wildman–Crippen LogP) is 1.44. The van der Waals surface area contributed by atoms with Crippen LogP contribution in [0.25, 0.3) is 0 Å². The fraction of sp³-hybridized carbons (Fsp3) is 0.273. The molecule has 4 heteroatoms. The highest BCUT2D eigenvalue weighted by molar-refractivity contribution is 5.89. The Kier molecular flexibility index (Phi) is 4.34. The van der Waals surface area contributed by atoms with E-state index in [-0.39, 0.29) is 12.6 Å². The van der Waals surface area contributed by atoms with Gasteiger partial charge >= 0.3 is 5.97 Å². The van der Waals surface area contributed by atoms with E-state index < -0.39 is 0 Å². The van der Waals surface area contributed by atoms with Crippen molar-refractivity contribution in [3.8, 4) is 5.75 Å². The maximum Gasteiger partial charge on any atom is 0.338 e. The lowest BCUT2D eigenvalue weighted by Crippen LogP contribution is -2.04. The molecule has 1 aromatic rings. The van der Waals surface area contributed by atoms with Crippen molar-refractivity contribution >= 4 is 12.3 Å². The Morgan fingerprint density at radius 1 is 1.33 bits per heavy atom. The molecular formula is C11H12O4. The van der Waals surface area contributed by atoms with Crippen LogP contribution in [-0.4, -0.2) is 25.5 Å². The molecule has 0 spiro atoms. The smallest absolute Gasteiger partial charge is 0.338 e. The molecule has 0 fully saturated rings. The zero-order chi connectivity index (χ0) is 11.1. The summed E-state index contributed by atoms with van der Waals surface area (Å²) in [5, 5.41) is 0. The summed E-state index contributed by atoms with van der Waals surface area (Å²) in [6, 6.07) is 6.43. The fourth-order valence-electron chi connectivity index (χ4n) is 1.03. The third-order valence-corrected chi connectivity index (χ3v) is 1.68. The Labute approximate surface area is 87.8 Å². The van der Waals surface area contributed by atoms with E-state index in [2.05, 4.69) is 0 Å². The second-order valence-corrected chi connectivity index (χ2v) is 2.72. The number of carbonyl (C=O) groups is 2. The first-order valence-corrected chi connectivity index (χ1v) is 4.61. The maximum absolute atomic E-state index is 11.3. The monoisotopic (exact) mass is 208 g/mol. The molecule has 0 atom stereocenters. The first kappa shape index (κ1) is 11.2. The summed E-state index contributed by atoms with van der Waals surface area (Å²) in [4.78, 5) is 21.3. The van der Waals surface area contributed by atoms with Crippen molar-refractivity contribution in [3.05, 3.63) is 29.8 Å². The molecule has 80 valence electrons. The summed E-state index contributed by atoms with van der Waals surface area (Å²) < 4.78 is 9.84. The first-order valence-electron chi connectivity index (χ1n) is 4.61. The molecule has 0 N–H and O–H groups in total. The van der Waals surface area contributed by atoms with Gasteiger partial charge in [0.2, 0.25) is 0 Å². The van der Waals surface area contributed by atoms with Crippen LogP contribution in [0.4, 0.5) is 0 Å². The van der Waals surface area contributed by atoms with E-state index >= 15 is 0 Å². The van der Waals surface area contributed by atoms with Crippen molar-refractivity contribution in [2.75, 3.05) is 13.2 Å². The van der Waals surface area contributed by atoms with Crippen LogP contribution < -0.4 is 4.74 Å². The van der Waals surface area contributed by atoms with E-state index in [4.69, 9.17) is 9.47 Å². The Morgan fingerprint density at radius 2 is 2.00 bits per heavy atom. The van der Waals surface area contributed by atoms with Gasteiger partial charge in [0.15, 0.2) is 6.29 Å². The predicted molar refractivity (Wildman–Crippen MR) is 54.0 cm³/mol. The van der Waals surface area contributed by atoms with Crippen LogP contribution in [0.2, 0.25) is 0 Å². The van der Waals surface area contributed by atoms with Crippen molar-refractivity contribution in [2.24, 2.45) is 0 Å². The molecule has 1 rings (SSSR count). The van der Waals surface area contributed by atoms with Crippen LogP contribution in [0.15, 0.2) is 24.3 Å². The molecular weight excluding hydrogens is 196 g/mol. The summed E-state index contributed by atoms with van der Waals surface area (Å²) in [5.74, 6) is 0.189. The molecule has 0 aromatic heterocycles. The zero-order valence-electron chi connectivity index (χ0n) is 8.43. The van der Waals surface area contributed by atoms with E-state index in [9.17, 15) is 9.59 Å². The van der Waals surface area contributed by atoms with E-state index in [1.54, 1.807) is 31.2 Å². The minimum absolute atomic E-state index is 0.0127. The van der Waals surface area contributed by atoms with Crippen LogP contribution in [0.5, 0.6) is 5.75 Å². The highest BCUT2D eigenvalue weighted by Gasteiger charge is 2.05. The second kappa shape index (κ2) is 5.80. The van der Waals surface area contributed by atoms with Crippen LogP contribution in [-0.2, 0) is 9.53 Å². The molecule has 0 aliphatic heterocycles. The number of carbonyl (C=O) groups excluding carboxylic acids is 2. The second-order valence-electron chi connectivity index (χ2n) is 2.72. The zero-order valence-corrected chi connectivity index (χ0v) is 8.43. The molecule has 0 aliphatic carbocycles. The third kappa shape index (κ3) is 3.42. The van der Waals surface area contributed by atoms with E-state index in [0.717, 1.165) is 0 Å². The average Bonchev–Trinajstić information content (AvgIpc) is 2.27. The number of hydrogen-bond donors (Lipinski definition) is 0. The van der Waals surface area contributed by atoms with Gasteiger partial charge in [-0.15, -0.1) is 0 Å². The third-order valence-electron chi connectivity index (χ3n) is 1.68. The maximum atomic E-state index is 11.3. The molecule has 0 amide bonds. The summed E-state index contributed by atoms with van der Waals surface area (Å²) in [7, 11) is 0. The largest absolute Gasteiger partial charge is 0.486 e. The Morgan fingerprint density at radius 3 is 2.53 bits per heavy atom. The molecule has 0 saturated carbocycles. The van der Waals surface area contributed by atoms with Crippen molar-refractivity contribution in [1.82, 2.24) is 0 Å². The van der Waals surface area contributed by atoms with Gasteiger partial charge in [0.1, 0.15) is 12.4 Å². The van der Waals surface area contributed by atoms with Crippen molar-refractivity contribution in [3.63, 3.8) is 0 Å². The molecule has 0 bridgehead atoms. The summed E-state index contributed by atoms with van der Waals surface area (Å²) >= 11 is 0. The van der Waals surface area contributed by atoms with Gasteiger partial charge in [-0.3, -0.25) is 4.79 Å². The van der Waals surface area contributed by atoms with Crippen LogP contribution in [0.1, 0.15) is 17.3 Å². The highest BCUT2D eigenvalue weighted by Crippen LogP contribution is 2.12. The number of esters is 1. The molecule has 0 heterocycles. The standard InChI is InChI=1S/C11H12O4/c1-2-14-11(13)9-3-5-10(6-4-9)15-8-7-12/h3-7H,2,8H2,1H3. The topological polar surface area (TPSA) is 52.6 Å². The quantitative estimate of drug-likeness (QED) is 0.542. The molecule has 0 aliphatic rings. The lowest BCUT2D eigenvalue weighted by atomic mass is 10.2. The van der Waals surface area contributed by atoms with E-state index in [0.29, 0.717) is 24.2 Å². The lowest BCUT2D eigenvalue weighted by molar-refractivity contribution is -0.109. The Balaban J connectivity index is 2.63. The Bertz CT molecular complexity index is 329. The molecule has 0 unspecified atom stereocenters. The number of ether oxygens (including phenoxy) is 2. The minimum atomic E-state index is -0.362. The molecule has 1 aromatic carbocycles. The number of hydrogen-bond acceptors (Lipinski definition) is 4. The fourth-order valence-corrected chi connectivity index (χ4v) is 1.03.